The highest BCUT2D eigenvalue weighted by molar-refractivity contribution is 8.13. The lowest BCUT2D eigenvalue weighted by Gasteiger charge is -2.31. The van der Waals surface area contributed by atoms with Crippen molar-refractivity contribution in [1.29, 1.82) is 0 Å². The molecule has 4 heteroatoms. The number of thioether (sulfide) groups is 1. The quantitative estimate of drug-likeness (QED) is 0.720. The van der Waals surface area contributed by atoms with E-state index in [1.54, 1.807) is 0 Å². The first-order valence-electron chi connectivity index (χ1n) is 5.28. The maximum atomic E-state index is 5.58. The molecule has 1 N–H and O–H groups in total. The molecule has 2 aliphatic rings. The van der Waals surface area contributed by atoms with Crippen molar-refractivity contribution < 1.29 is 4.74 Å². The van der Waals surface area contributed by atoms with Crippen molar-refractivity contribution in [2.45, 2.75) is 38.3 Å². The summed E-state index contributed by atoms with van der Waals surface area (Å²) in [5, 5.41) is 4.64. The van der Waals surface area contributed by atoms with Crippen molar-refractivity contribution in [3.8, 4) is 0 Å². The molecule has 0 aromatic heterocycles. The summed E-state index contributed by atoms with van der Waals surface area (Å²) in [6, 6.07) is 0. The van der Waals surface area contributed by atoms with E-state index in [1.165, 1.54) is 12.2 Å². The molecule has 1 fully saturated rings. The van der Waals surface area contributed by atoms with Gasteiger partial charge in [0.25, 0.3) is 0 Å². The van der Waals surface area contributed by atoms with Crippen LogP contribution in [0.1, 0.15) is 26.7 Å². The molecule has 0 aliphatic carbocycles. The Morgan fingerprint density at radius 2 is 2.50 bits per heavy atom. The van der Waals surface area contributed by atoms with Gasteiger partial charge in [-0.3, -0.25) is 4.99 Å². The summed E-state index contributed by atoms with van der Waals surface area (Å²) in [6.07, 6.45) is 2.57. The molecular weight excluding hydrogens is 196 g/mol. The van der Waals surface area contributed by atoms with Gasteiger partial charge in [0, 0.05) is 18.9 Å². The average molecular weight is 214 g/mol. The highest BCUT2D eigenvalue weighted by Crippen LogP contribution is 2.26. The molecule has 3 nitrogen and oxygen atoms in total. The van der Waals surface area contributed by atoms with Gasteiger partial charge < -0.3 is 10.1 Å². The lowest BCUT2D eigenvalue weighted by atomic mass is 9.95. The largest absolute Gasteiger partial charge is 0.376 e. The molecule has 0 saturated carbocycles. The fourth-order valence-corrected chi connectivity index (χ4v) is 2.73. The van der Waals surface area contributed by atoms with Gasteiger partial charge in [-0.15, -0.1) is 0 Å². The minimum absolute atomic E-state index is 0.0865. The molecule has 0 amide bonds. The average Bonchev–Trinajstić information content (AvgIpc) is 2.48. The fourth-order valence-electron chi connectivity index (χ4n) is 1.78. The van der Waals surface area contributed by atoms with E-state index in [0.717, 1.165) is 24.7 Å². The van der Waals surface area contributed by atoms with E-state index in [-0.39, 0.29) is 11.6 Å². The molecule has 1 saturated heterocycles. The highest BCUT2D eigenvalue weighted by atomic mass is 32.2. The number of nitrogens with zero attached hydrogens (tertiary/aromatic N) is 1. The van der Waals surface area contributed by atoms with Crippen LogP contribution in [0.15, 0.2) is 4.99 Å². The summed E-state index contributed by atoms with van der Waals surface area (Å²) in [5.41, 5.74) is 0.0865. The molecule has 2 rings (SSSR count). The monoisotopic (exact) mass is 214 g/mol. The van der Waals surface area contributed by atoms with E-state index < -0.39 is 0 Å². The second kappa shape index (κ2) is 4.11. The van der Waals surface area contributed by atoms with Gasteiger partial charge >= 0.3 is 0 Å². The third kappa shape index (κ3) is 2.06. The van der Waals surface area contributed by atoms with Gasteiger partial charge in [-0.2, -0.15) is 0 Å². The Balaban J connectivity index is 1.98. The minimum Gasteiger partial charge on any atom is -0.376 e. The summed E-state index contributed by atoms with van der Waals surface area (Å²) in [5.74, 6) is 1.19. The van der Waals surface area contributed by atoms with Crippen molar-refractivity contribution in [2.24, 2.45) is 4.99 Å². The SMILES string of the molecule is CC1OCCC1(C)NC1=NCCCS1. The Labute approximate surface area is 89.7 Å². The molecule has 0 spiro atoms. The third-order valence-corrected chi connectivity index (χ3v) is 4.07. The first-order chi connectivity index (χ1) is 6.71. The molecule has 2 aliphatic heterocycles. The minimum atomic E-state index is 0.0865. The fraction of sp³-hybridized carbons (Fsp3) is 0.900. The van der Waals surface area contributed by atoms with Crippen LogP contribution in [0.5, 0.6) is 0 Å². The first-order valence-corrected chi connectivity index (χ1v) is 6.26. The van der Waals surface area contributed by atoms with Crippen molar-refractivity contribution >= 4 is 16.9 Å². The van der Waals surface area contributed by atoms with E-state index in [1.807, 2.05) is 11.8 Å². The van der Waals surface area contributed by atoms with Crippen LogP contribution in [-0.4, -0.2) is 35.7 Å². The van der Waals surface area contributed by atoms with Crippen LogP contribution < -0.4 is 5.32 Å². The van der Waals surface area contributed by atoms with Gasteiger partial charge in [-0.05, 0) is 26.7 Å². The molecule has 2 unspecified atom stereocenters. The van der Waals surface area contributed by atoms with Gasteiger partial charge in [-0.25, -0.2) is 0 Å². The molecule has 80 valence electrons. The standard InChI is InChI=1S/C10H18N2OS/c1-8-10(2,4-6-13-8)12-9-11-5-3-7-14-9/h8H,3-7H2,1-2H3,(H,11,12). The van der Waals surface area contributed by atoms with Crippen molar-refractivity contribution in [3.63, 3.8) is 0 Å². The summed E-state index contributed by atoms with van der Waals surface area (Å²) in [6.45, 7) is 6.19. The van der Waals surface area contributed by atoms with Gasteiger partial charge in [0.05, 0.1) is 11.6 Å². The normalized spacial score (nSPS) is 38.1. The van der Waals surface area contributed by atoms with Crippen LogP contribution in [0.25, 0.3) is 0 Å². The second-order valence-corrected chi connectivity index (χ2v) is 5.28. The maximum absolute atomic E-state index is 5.58. The van der Waals surface area contributed by atoms with E-state index in [4.69, 9.17) is 4.74 Å². The Morgan fingerprint density at radius 3 is 3.07 bits per heavy atom. The summed E-state index contributed by atoms with van der Waals surface area (Å²) in [7, 11) is 0. The number of amidine groups is 1. The Bertz CT molecular complexity index is 244. The van der Waals surface area contributed by atoms with Crippen LogP contribution in [0, 0.1) is 0 Å². The van der Waals surface area contributed by atoms with Crippen LogP contribution in [0.3, 0.4) is 0 Å². The Hall–Kier alpha value is -0.220. The highest BCUT2D eigenvalue weighted by Gasteiger charge is 2.37. The smallest absolute Gasteiger partial charge is 0.157 e. The van der Waals surface area contributed by atoms with E-state index in [2.05, 4.69) is 24.2 Å². The van der Waals surface area contributed by atoms with Gasteiger partial charge in [0.1, 0.15) is 0 Å². The zero-order valence-corrected chi connectivity index (χ0v) is 9.69. The van der Waals surface area contributed by atoms with Gasteiger partial charge in [-0.1, -0.05) is 11.8 Å². The molecule has 0 radical (unpaired) electrons. The number of ether oxygens (including phenoxy) is 1. The van der Waals surface area contributed by atoms with E-state index in [9.17, 15) is 0 Å². The number of rotatable bonds is 1. The Morgan fingerprint density at radius 1 is 1.64 bits per heavy atom. The first kappa shape index (κ1) is 10.3. The summed E-state index contributed by atoms with van der Waals surface area (Å²) >= 11 is 1.83. The summed E-state index contributed by atoms with van der Waals surface area (Å²) in [4.78, 5) is 4.49. The van der Waals surface area contributed by atoms with E-state index >= 15 is 0 Å². The molecule has 2 atom stereocenters. The second-order valence-electron chi connectivity index (χ2n) is 4.19. The predicted octanol–water partition coefficient (Wildman–Crippen LogP) is 1.64. The van der Waals surface area contributed by atoms with Crippen molar-refractivity contribution in [3.05, 3.63) is 0 Å². The van der Waals surface area contributed by atoms with Gasteiger partial charge in [0.15, 0.2) is 5.17 Å². The number of nitrogens with one attached hydrogen (secondary N) is 1. The van der Waals surface area contributed by atoms with Crippen molar-refractivity contribution in [2.75, 3.05) is 18.9 Å². The lowest BCUT2D eigenvalue weighted by molar-refractivity contribution is 0.0950. The molecule has 0 aromatic rings. The maximum Gasteiger partial charge on any atom is 0.157 e. The number of aliphatic imine (C=N–C) groups is 1. The van der Waals surface area contributed by atoms with Crippen molar-refractivity contribution in [1.82, 2.24) is 5.32 Å². The molecule has 2 heterocycles. The van der Waals surface area contributed by atoms with Crippen LogP contribution in [-0.2, 0) is 4.74 Å². The lowest BCUT2D eigenvalue weighted by Crippen LogP contribution is -2.50. The molecular formula is C10H18N2OS. The van der Waals surface area contributed by atoms with E-state index in [0.29, 0.717) is 0 Å². The summed E-state index contributed by atoms with van der Waals surface area (Å²) < 4.78 is 5.58. The third-order valence-electron chi connectivity index (χ3n) is 3.08. The predicted molar refractivity (Wildman–Crippen MR) is 60.9 cm³/mol. The topological polar surface area (TPSA) is 33.6 Å². The number of hydrogen-bond donors (Lipinski definition) is 1. The van der Waals surface area contributed by atoms with Crippen LogP contribution in [0.2, 0.25) is 0 Å². The van der Waals surface area contributed by atoms with Gasteiger partial charge in [0.2, 0.25) is 0 Å². The molecule has 14 heavy (non-hydrogen) atoms. The zero-order chi connectivity index (χ0) is 10.0. The number of hydrogen-bond acceptors (Lipinski definition) is 4. The molecule has 0 aromatic carbocycles. The van der Waals surface area contributed by atoms with Crippen LogP contribution >= 0.6 is 11.8 Å². The zero-order valence-electron chi connectivity index (χ0n) is 8.88. The Kier molecular flexibility index (Phi) is 3.02. The molecule has 0 bridgehead atoms. The van der Waals surface area contributed by atoms with Crippen LogP contribution in [0.4, 0.5) is 0 Å².